The zero-order valence-electron chi connectivity index (χ0n) is 7.18. The first-order valence-corrected chi connectivity index (χ1v) is 4.69. The van der Waals surface area contributed by atoms with E-state index < -0.39 is 5.38 Å². The lowest BCUT2D eigenvalue weighted by atomic mass is 10.0. The number of halogens is 1. The Morgan fingerprint density at radius 3 is 3.08 bits per heavy atom. The van der Waals surface area contributed by atoms with Crippen molar-refractivity contribution in [2.24, 2.45) is 5.92 Å². The number of nitrogens with one attached hydrogen (secondary N) is 1. The third kappa shape index (κ3) is 2.35. The summed E-state index contributed by atoms with van der Waals surface area (Å²) in [6, 6.07) is 0. The second-order valence-corrected chi connectivity index (χ2v) is 3.39. The van der Waals surface area contributed by atoms with Gasteiger partial charge in [-0.3, -0.25) is 4.79 Å². The number of ether oxygens (including phenoxy) is 1. The fraction of sp³-hybridized carbons (Fsp3) is 0.875. The maximum absolute atomic E-state index is 11.2. The van der Waals surface area contributed by atoms with Crippen molar-refractivity contribution in [3.63, 3.8) is 0 Å². The van der Waals surface area contributed by atoms with Crippen LogP contribution in [0, 0.1) is 5.92 Å². The van der Waals surface area contributed by atoms with Gasteiger partial charge in [0.25, 0.3) is 0 Å². The van der Waals surface area contributed by atoms with E-state index in [1.807, 2.05) is 6.92 Å². The lowest BCUT2D eigenvalue weighted by molar-refractivity contribution is -0.121. The van der Waals surface area contributed by atoms with Crippen LogP contribution in [0.5, 0.6) is 0 Å². The highest BCUT2D eigenvalue weighted by molar-refractivity contribution is 6.31. The summed E-state index contributed by atoms with van der Waals surface area (Å²) in [4.78, 5) is 11.2. The summed E-state index contributed by atoms with van der Waals surface area (Å²) in [6.45, 7) is 3.86. The van der Waals surface area contributed by atoms with Crippen molar-refractivity contribution < 1.29 is 9.53 Å². The van der Waals surface area contributed by atoms with E-state index in [0.29, 0.717) is 13.2 Å². The summed E-state index contributed by atoms with van der Waals surface area (Å²) in [5.41, 5.74) is 0. The minimum absolute atomic E-state index is 0.0744. The van der Waals surface area contributed by atoms with Crippen LogP contribution in [0.3, 0.4) is 0 Å². The molecule has 0 aliphatic carbocycles. The maximum Gasteiger partial charge on any atom is 0.238 e. The van der Waals surface area contributed by atoms with Crippen LogP contribution >= 0.6 is 11.6 Å². The summed E-state index contributed by atoms with van der Waals surface area (Å²) in [6.07, 6.45) is 0.894. The molecule has 2 atom stereocenters. The normalized spacial score (nSPS) is 25.3. The van der Waals surface area contributed by atoms with Crippen LogP contribution in [0.1, 0.15) is 13.3 Å². The van der Waals surface area contributed by atoms with Gasteiger partial charge < -0.3 is 10.1 Å². The Balaban J connectivity index is 2.34. The van der Waals surface area contributed by atoms with Crippen molar-refractivity contribution in [1.29, 1.82) is 0 Å². The zero-order chi connectivity index (χ0) is 8.97. The Morgan fingerprint density at radius 2 is 2.58 bits per heavy atom. The largest absolute Gasteiger partial charge is 0.381 e. The Kier molecular flexibility index (Phi) is 3.82. The molecule has 1 fully saturated rings. The number of alkyl halides is 1. The van der Waals surface area contributed by atoms with Gasteiger partial charge in [0.1, 0.15) is 5.38 Å². The number of carbonyl (C=O) groups excluding carboxylic acids is 1. The molecule has 1 aliphatic heterocycles. The minimum atomic E-state index is -0.424. The molecule has 3 nitrogen and oxygen atoms in total. The van der Waals surface area contributed by atoms with Crippen LogP contribution < -0.4 is 5.32 Å². The number of amides is 1. The standard InChI is InChI=1S/C8H14ClNO2/c1-2-10-8(11)7(9)6-3-4-12-5-6/h6-7H,2-5H2,1H3,(H,10,11). The molecule has 0 aromatic rings. The van der Waals surface area contributed by atoms with Crippen LogP contribution in [-0.2, 0) is 9.53 Å². The molecule has 0 aromatic heterocycles. The fourth-order valence-electron chi connectivity index (χ4n) is 1.27. The van der Waals surface area contributed by atoms with Crippen molar-refractivity contribution in [2.45, 2.75) is 18.7 Å². The van der Waals surface area contributed by atoms with E-state index in [0.717, 1.165) is 13.0 Å². The van der Waals surface area contributed by atoms with Gasteiger partial charge >= 0.3 is 0 Å². The average molecular weight is 192 g/mol. The molecular formula is C8H14ClNO2. The molecule has 0 aromatic carbocycles. The van der Waals surface area contributed by atoms with Gasteiger partial charge in [-0.1, -0.05) is 0 Å². The van der Waals surface area contributed by atoms with Gasteiger partial charge in [0.05, 0.1) is 6.61 Å². The van der Waals surface area contributed by atoms with Gasteiger partial charge in [0.2, 0.25) is 5.91 Å². The number of rotatable bonds is 3. The Bertz CT molecular complexity index is 157. The van der Waals surface area contributed by atoms with E-state index in [4.69, 9.17) is 16.3 Å². The van der Waals surface area contributed by atoms with Gasteiger partial charge in [-0.15, -0.1) is 11.6 Å². The Morgan fingerprint density at radius 1 is 1.83 bits per heavy atom. The average Bonchev–Trinajstić information content (AvgIpc) is 2.55. The SMILES string of the molecule is CCNC(=O)C(Cl)C1CCOC1. The predicted octanol–water partition coefficient (Wildman–Crippen LogP) is 0.766. The quantitative estimate of drug-likeness (QED) is 0.670. The first-order chi connectivity index (χ1) is 5.75. The van der Waals surface area contributed by atoms with E-state index in [1.54, 1.807) is 0 Å². The van der Waals surface area contributed by atoms with E-state index in [-0.39, 0.29) is 11.8 Å². The van der Waals surface area contributed by atoms with Crippen LogP contribution in [0.15, 0.2) is 0 Å². The number of hydrogen-bond acceptors (Lipinski definition) is 2. The summed E-state index contributed by atoms with van der Waals surface area (Å²) in [5, 5.41) is 2.27. The highest BCUT2D eigenvalue weighted by atomic mass is 35.5. The van der Waals surface area contributed by atoms with Gasteiger partial charge in [-0.05, 0) is 13.3 Å². The Hall–Kier alpha value is -0.280. The summed E-state index contributed by atoms with van der Waals surface area (Å²) in [7, 11) is 0. The first-order valence-electron chi connectivity index (χ1n) is 4.25. The molecule has 1 aliphatic rings. The van der Waals surface area contributed by atoms with Crippen molar-refractivity contribution in [3.05, 3.63) is 0 Å². The molecule has 0 bridgehead atoms. The Labute approximate surface area is 77.4 Å². The molecule has 1 rings (SSSR count). The van der Waals surface area contributed by atoms with Gasteiger partial charge in [0, 0.05) is 19.1 Å². The molecule has 2 unspecified atom stereocenters. The zero-order valence-corrected chi connectivity index (χ0v) is 7.93. The monoisotopic (exact) mass is 191 g/mol. The van der Waals surface area contributed by atoms with E-state index >= 15 is 0 Å². The molecule has 0 spiro atoms. The third-order valence-electron chi connectivity index (χ3n) is 1.98. The highest BCUT2D eigenvalue weighted by Crippen LogP contribution is 2.20. The lowest BCUT2D eigenvalue weighted by Gasteiger charge is -2.13. The molecular weight excluding hydrogens is 178 g/mol. The van der Waals surface area contributed by atoms with E-state index in [1.165, 1.54) is 0 Å². The van der Waals surface area contributed by atoms with Crippen LogP contribution in [0.4, 0.5) is 0 Å². The molecule has 4 heteroatoms. The molecule has 1 amide bonds. The van der Waals surface area contributed by atoms with Crippen LogP contribution in [0.25, 0.3) is 0 Å². The van der Waals surface area contributed by atoms with Crippen LogP contribution in [-0.4, -0.2) is 31.0 Å². The van der Waals surface area contributed by atoms with Gasteiger partial charge in [-0.25, -0.2) is 0 Å². The summed E-state index contributed by atoms with van der Waals surface area (Å²) < 4.78 is 5.14. The van der Waals surface area contributed by atoms with Crippen molar-refractivity contribution >= 4 is 17.5 Å². The second kappa shape index (κ2) is 4.67. The smallest absolute Gasteiger partial charge is 0.238 e. The molecule has 1 saturated heterocycles. The molecule has 1 heterocycles. The topological polar surface area (TPSA) is 38.3 Å². The highest BCUT2D eigenvalue weighted by Gasteiger charge is 2.28. The first kappa shape index (κ1) is 9.81. The number of hydrogen-bond donors (Lipinski definition) is 1. The second-order valence-electron chi connectivity index (χ2n) is 2.92. The maximum atomic E-state index is 11.2. The predicted molar refractivity (Wildman–Crippen MR) is 47.3 cm³/mol. The lowest BCUT2D eigenvalue weighted by Crippen LogP contribution is -2.35. The molecule has 0 saturated carbocycles. The summed E-state index contributed by atoms with van der Waals surface area (Å²) in [5.74, 6) is 0.118. The van der Waals surface area contributed by atoms with E-state index in [9.17, 15) is 4.79 Å². The van der Waals surface area contributed by atoms with E-state index in [2.05, 4.69) is 5.32 Å². The minimum Gasteiger partial charge on any atom is -0.381 e. The number of carbonyl (C=O) groups is 1. The van der Waals surface area contributed by atoms with Crippen molar-refractivity contribution in [3.8, 4) is 0 Å². The van der Waals surface area contributed by atoms with Crippen molar-refractivity contribution in [1.82, 2.24) is 5.32 Å². The van der Waals surface area contributed by atoms with Crippen LogP contribution in [0.2, 0.25) is 0 Å². The fourth-order valence-corrected chi connectivity index (χ4v) is 1.55. The van der Waals surface area contributed by atoms with Gasteiger partial charge in [-0.2, -0.15) is 0 Å². The molecule has 70 valence electrons. The van der Waals surface area contributed by atoms with Crippen molar-refractivity contribution in [2.75, 3.05) is 19.8 Å². The molecule has 1 N–H and O–H groups in total. The summed E-state index contributed by atoms with van der Waals surface area (Å²) >= 11 is 5.92. The third-order valence-corrected chi connectivity index (χ3v) is 2.53. The molecule has 0 radical (unpaired) electrons. The van der Waals surface area contributed by atoms with Gasteiger partial charge in [0.15, 0.2) is 0 Å². The molecule has 12 heavy (non-hydrogen) atoms.